The van der Waals surface area contributed by atoms with Crippen LogP contribution in [0, 0.1) is 17.8 Å². The fourth-order valence-corrected chi connectivity index (χ4v) is 8.30. The second kappa shape index (κ2) is 18.8. The molecule has 0 aliphatic heterocycles. The summed E-state index contributed by atoms with van der Waals surface area (Å²) in [5, 5.41) is 19.0. The van der Waals surface area contributed by atoms with E-state index in [-0.39, 0.29) is 43.7 Å². The molecule has 0 spiro atoms. The van der Waals surface area contributed by atoms with E-state index in [4.69, 9.17) is 9.26 Å². The maximum absolute atomic E-state index is 14.1. The number of nitrogens with one attached hydrogen (secondary N) is 3. The Balaban J connectivity index is 1.56. The molecule has 2 aromatic rings. The van der Waals surface area contributed by atoms with E-state index in [9.17, 15) is 24.1 Å². The summed E-state index contributed by atoms with van der Waals surface area (Å²) >= 11 is 0. The van der Waals surface area contributed by atoms with Crippen molar-refractivity contribution >= 4 is 25.3 Å². The highest BCUT2D eigenvalue weighted by atomic mass is 31.2. The summed E-state index contributed by atoms with van der Waals surface area (Å²) in [5.41, 5.74) is 1.72. The molecule has 1 saturated carbocycles. The Labute approximate surface area is 273 Å². The van der Waals surface area contributed by atoms with Crippen LogP contribution < -0.4 is 16.0 Å². The predicted octanol–water partition coefficient (Wildman–Crippen LogP) is 5.63. The van der Waals surface area contributed by atoms with E-state index in [0.717, 1.165) is 36.8 Å². The Hall–Kier alpha value is -3.20. The summed E-state index contributed by atoms with van der Waals surface area (Å²) in [4.78, 5) is 39.0. The molecule has 3 rings (SSSR count). The normalized spacial score (nSPS) is 17.0. The number of hydrogen-bond acceptors (Lipinski definition) is 7. The van der Waals surface area contributed by atoms with E-state index in [1.807, 2.05) is 60.7 Å². The number of rotatable bonds is 17. The summed E-state index contributed by atoms with van der Waals surface area (Å²) in [6.45, 7) is 7.27. The third-order valence-electron chi connectivity index (χ3n) is 8.25. The van der Waals surface area contributed by atoms with Crippen molar-refractivity contribution in [3.8, 4) is 0 Å². The molecule has 46 heavy (non-hydrogen) atoms. The minimum absolute atomic E-state index is 0.0589. The zero-order chi connectivity index (χ0) is 33.5. The van der Waals surface area contributed by atoms with Gasteiger partial charge >= 0.3 is 6.09 Å². The average molecular weight is 658 g/mol. The molecule has 10 nitrogen and oxygen atoms in total. The summed E-state index contributed by atoms with van der Waals surface area (Å²) in [5.74, 6) is -1.28. The van der Waals surface area contributed by atoms with Gasteiger partial charge in [-0.05, 0) is 41.7 Å². The topological polar surface area (TPSA) is 143 Å². The van der Waals surface area contributed by atoms with Gasteiger partial charge in [0, 0.05) is 12.7 Å². The van der Waals surface area contributed by atoms with Crippen LogP contribution in [-0.2, 0) is 36.6 Å². The van der Waals surface area contributed by atoms with Crippen molar-refractivity contribution in [3.63, 3.8) is 0 Å². The van der Waals surface area contributed by atoms with Crippen LogP contribution in [0.15, 0.2) is 60.7 Å². The number of aliphatic hydroxyl groups excluding tert-OH is 1. The Morgan fingerprint density at radius 2 is 1.35 bits per heavy atom. The van der Waals surface area contributed by atoms with Crippen molar-refractivity contribution in [2.75, 3.05) is 18.9 Å². The Morgan fingerprint density at radius 1 is 0.804 bits per heavy atom. The third kappa shape index (κ3) is 12.9. The van der Waals surface area contributed by atoms with Crippen LogP contribution in [0.4, 0.5) is 4.79 Å². The van der Waals surface area contributed by atoms with E-state index >= 15 is 0 Å². The highest BCUT2D eigenvalue weighted by Crippen LogP contribution is 2.51. The highest BCUT2D eigenvalue weighted by Gasteiger charge is 2.33. The maximum atomic E-state index is 14.1. The summed E-state index contributed by atoms with van der Waals surface area (Å²) in [6.07, 6.45) is 3.89. The molecule has 0 heterocycles. The first-order valence-corrected chi connectivity index (χ1v) is 18.4. The second-order valence-electron chi connectivity index (χ2n) is 13.0. The van der Waals surface area contributed by atoms with Crippen molar-refractivity contribution in [1.82, 2.24) is 16.0 Å². The van der Waals surface area contributed by atoms with E-state index in [2.05, 4.69) is 16.0 Å². The summed E-state index contributed by atoms with van der Waals surface area (Å²) in [6, 6.07) is 16.9. The number of alkyl carbamates (subject to hydrolysis) is 1. The van der Waals surface area contributed by atoms with Crippen LogP contribution in [0.1, 0.15) is 70.9 Å². The van der Waals surface area contributed by atoms with Crippen LogP contribution >= 0.6 is 7.37 Å². The quantitative estimate of drug-likeness (QED) is 0.162. The molecule has 0 saturated heterocycles. The predicted molar refractivity (Wildman–Crippen MR) is 179 cm³/mol. The zero-order valence-corrected chi connectivity index (χ0v) is 28.5. The highest BCUT2D eigenvalue weighted by molar-refractivity contribution is 7.59. The maximum Gasteiger partial charge on any atom is 0.408 e. The van der Waals surface area contributed by atoms with Gasteiger partial charge in [-0.3, -0.25) is 14.2 Å². The number of amides is 3. The monoisotopic (exact) mass is 657 g/mol. The fraction of sp³-hybridized carbons (Fsp3) is 0.571. The van der Waals surface area contributed by atoms with Gasteiger partial charge in [-0.15, -0.1) is 0 Å². The molecule has 1 unspecified atom stereocenters. The van der Waals surface area contributed by atoms with Gasteiger partial charge < -0.3 is 30.3 Å². The number of carbonyl (C=O) groups excluding carboxylic acids is 3. The van der Waals surface area contributed by atoms with Gasteiger partial charge in [0.15, 0.2) is 0 Å². The van der Waals surface area contributed by atoms with Crippen molar-refractivity contribution in [3.05, 3.63) is 71.8 Å². The molecule has 254 valence electrons. The Morgan fingerprint density at radius 3 is 1.91 bits per heavy atom. The molecule has 0 aromatic heterocycles. The molecule has 0 bridgehead atoms. The van der Waals surface area contributed by atoms with Gasteiger partial charge in [-0.2, -0.15) is 0 Å². The van der Waals surface area contributed by atoms with Gasteiger partial charge in [0.2, 0.25) is 19.2 Å². The smallest absolute Gasteiger partial charge is 0.408 e. The lowest BCUT2D eigenvalue weighted by Gasteiger charge is -2.29. The Kier molecular flexibility index (Phi) is 15.2. The van der Waals surface area contributed by atoms with Crippen molar-refractivity contribution in [1.29, 1.82) is 0 Å². The molecule has 3 amide bonds. The van der Waals surface area contributed by atoms with E-state index in [0.29, 0.717) is 6.16 Å². The molecule has 1 aliphatic rings. The summed E-state index contributed by atoms with van der Waals surface area (Å²) < 4.78 is 25.4. The first-order chi connectivity index (χ1) is 22.0. The molecular formula is C35H52N3O7P. The lowest BCUT2D eigenvalue weighted by molar-refractivity contribution is -0.131. The van der Waals surface area contributed by atoms with Gasteiger partial charge in [0.05, 0.1) is 18.9 Å². The van der Waals surface area contributed by atoms with Gasteiger partial charge in [0.1, 0.15) is 18.7 Å². The van der Waals surface area contributed by atoms with E-state index in [1.54, 1.807) is 27.7 Å². The number of ether oxygens (including phenoxy) is 1. The van der Waals surface area contributed by atoms with Crippen LogP contribution in [0.2, 0.25) is 0 Å². The first kappa shape index (κ1) is 37.3. The molecule has 4 N–H and O–H groups in total. The minimum atomic E-state index is -3.22. The third-order valence-corrected chi connectivity index (χ3v) is 10.9. The van der Waals surface area contributed by atoms with Gasteiger partial charge in [-0.25, -0.2) is 4.79 Å². The van der Waals surface area contributed by atoms with Crippen LogP contribution in [0.5, 0.6) is 0 Å². The standard InChI is InChI=1S/C35H52N3O7P/c1-25(2)31(37-34(41)32(26(3)4)38-35(42)44-21-27-14-8-5-9-15-27)33(40)36-20-30(39)24-46(43,23-29-18-12-7-13-19-29)45-22-28-16-10-6-11-17-28/h5-6,8-11,14-17,25-26,29-32,39H,7,12-13,18-24H2,1-4H3,(H,36,40)(H,37,41)(H,38,42)/t30-,31-,32+,46?/m1/s1. The average Bonchev–Trinajstić information content (AvgIpc) is 3.04. The van der Waals surface area contributed by atoms with Gasteiger partial charge in [0.25, 0.3) is 0 Å². The number of aliphatic hydroxyl groups is 1. The number of hydrogen-bond donors (Lipinski definition) is 4. The van der Waals surface area contributed by atoms with E-state index < -0.39 is 43.5 Å². The van der Waals surface area contributed by atoms with Crippen LogP contribution in [0.25, 0.3) is 0 Å². The SMILES string of the molecule is CC(C)[C@H](NC(=O)OCc1ccccc1)C(=O)N[C@@H](C(=O)NC[C@@H](O)CP(=O)(CC1CCCCC1)OCc1ccccc1)C(C)C. The van der Waals surface area contributed by atoms with Crippen LogP contribution in [0.3, 0.4) is 0 Å². The van der Waals surface area contributed by atoms with E-state index in [1.165, 1.54) is 6.42 Å². The zero-order valence-electron chi connectivity index (χ0n) is 27.7. The number of benzene rings is 2. The van der Waals surface area contributed by atoms with Gasteiger partial charge in [-0.1, -0.05) is 108 Å². The lowest BCUT2D eigenvalue weighted by atomic mass is 9.91. The summed E-state index contributed by atoms with van der Waals surface area (Å²) in [7, 11) is -3.22. The largest absolute Gasteiger partial charge is 0.445 e. The Bertz CT molecular complexity index is 1270. The molecule has 2 aromatic carbocycles. The van der Waals surface area contributed by atoms with Crippen molar-refractivity contribution in [2.45, 2.75) is 91.2 Å². The molecule has 1 fully saturated rings. The van der Waals surface area contributed by atoms with Crippen LogP contribution in [-0.4, -0.2) is 60.1 Å². The molecular weight excluding hydrogens is 605 g/mol. The fourth-order valence-electron chi connectivity index (χ4n) is 5.63. The molecule has 0 radical (unpaired) electrons. The molecule has 11 heteroatoms. The minimum Gasteiger partial charge on any atom is -0.445 e. The second-order valence-corrected chi connectivity index (χ2v) is 15.6. The van der Waals surface area contributed by atoms with Crippen molar-refractivity contribution < 1.29 is 33.3 Å². The molecule has 1 aliphatic carbocycles. The van der Waals surface area contributed by atoms with Crippen molar-refractivity contribution in [2.24, 2.45) is 17.8 Å². The lowest BCUT2D eigenvalue weighted by Crippen LogP contribution is -2.57. The molecule has 4 atom stereocenters. The first-order valence-electron chi connectivity index (χ1n) is 16.5. The number of carbonyl (C=O) groups is 3.